The molecule has 0 spiro atoms. The molecule has 4 aromatic rings. The Morgan fingerprint density at radius 3 is 2.67 bits per heavy atom. The summed E-state index contributed by atoms with van der Waals surface area (Å²) in [4.78, 5) is 10.8. The van der Waals surface area contributed by atoms with Gasteiger partial charge in [0, 0.05) is 31.4 Å². The van der Waals surface area contributed by atoms with E-state index in [0.717, 1.165) is 30.7 Å². The fourth-order valence-electron chi connectivity index (χ4n) is 4.27. The summed E-state index contributed by atoms with van der Waals surface area (Å²) in [5.74, 6) is 1.01. The van der Waals surface area contributed by atoms with Gasteiger partial charge in [-0.2, -0.15) is 18.4 Å². The molecule has 0 N–H and O–H groups in total. The molecule has 5 rings (SSSR count). The number of hydrogen-bond donors (Lipinski definition) is 0. The van der Waals surface area contributed by atoms with Crippen LogP contribution in [0.5, 0.6) is 5.75 Å². The van der Waals surface area contributed by atoms with Crippen molar-refractivity contribution in [2.75, 3.05) is 24.6 Å². The van der Waals surface area contributed by atoms with E-state index in [1.807, 2.05) is 31.2 Å². The number of hydrogen-bond acceptors (Lipinski definition) is 7. The molecule has 1 saturated heterocycles. The first-order valence-electron chi connectivity index (χ1n) is 11.4. The standard InChI is InChI=1S/C25H22F3N7O/c1-15-4-3-5-23(30-15)35-13-16(14-35)8-9-36-22-7-6-17(10-18(22)25(26,27)28)19-11-21-24(20(12-29)31-19)32-33-34(21)2/h3-7,10-11,16H,8-9,13-14H2,1-2H3. The molecule has 0 unspecified atom stereocenters. The number of benzene rings is 1. The highest BCUT2D eigenvalue weighted by atomic mass is 19.4. The van der Waals surface area contributed by atoms with Crippen LogP contribution in [-0.2, 0) is 13.2 Å². The normalized spacial score (nSPS) is 14.1. The zero-order chi connectivity index (χ0) is 25.4. The summed E-state index contributed by atoms with van der Waals surface area (Å²) in [5.41, 5.74) is 1.30. The van der Waals surface area contributed by atoms with Crippen molar-refractivity contribution in [3.05, 3.63) is 59.4 Å². The van der Waals surface area contributed by atoms with Crippen molar-refractivity contribution in [1.29, 1.82) is 5.26 Å². The lowest BCUT2D eigenvalue weighted by molar-refractivity contribution is -0.138. The van der Waals surface area contributed by atoms with E-state index in [2.05, 4.69) is 25.2 Å². The Hall–Kier alpha value is -4.20. The van der Waals surface area contributed by atoms with Crippen LogP contribution in [-0.4, -0.2) is 44.7 Å². The first-order chi connectivity index (χ1) is 17.2. The second-order valence-corrected chi connectivity index (χ2v) is 8.80. The molecule has 1 aliphatic heterocycles. The number of alkyl halides is 3. The van der Waals surface area contributed by atoms with Crippen LogP contribution in [0.1, 0.15) is 23.4 Å². The predicted octanol–water partition coefficient (Wildman–Crippen LogP) is 4.53. The van der Waals surface area contributed by atoms with Gasteiger partial charge in [-0.3, -0.25) is 0 Å². The maximum absolute atomic E-state index is 13.9. The van der Waals surface area contributed by atoms with E-state index in [9.17, 15) is 18.4 Å². The van der Waals surface area contributed by atoms with Gasteiger partial charge in [0.25, 0.3) is 0 Å². The van der Waals surface area contributed by atoms with Crippen LogP contribution in [0.25, 0.3) is 22.3 Å². The van der Waals surface area contributed by atoms with Crippen molar-refractivity contribution in [3.63, 3.8) is 0 Å². The second-order valence-electron chi connectivity index (χ2n) is 8.80. The van der Waals surface area contributed by atoms with Gasteiger partial charge in [-0.05, 0) is 55.7 Å². The SMILES string of the molecule is Cc1cccc(N2CC(CCOc3ccc(-c4cc5c(nnn5C)c(C#N)n4)cc3C(F)(F)F)C2)n1. The molecule has 1 fully saturated rings. The molecule has 36 heavy (non-hydrogen) atoms. The summed E-state index contributed by atoms with van der Waals surface area (Å²) in [5, 5.41) is 17.2. The van der Waals surface area contributed by atoms with Gasteiger partial charge in [0.05, 0.1) is 23.4 Å². The van der Waals surface area contributed by atoms with Crippen LogP contribution >= 0.6 is 0 Å². The highest BCUT2D eigenvalue weighted by Crippen LogP contribution is 2.39. The summed E-state index contributed by atoms with van der Waals surface area (Å²) in [6, 6.07) is 13.2. The van der Waals surface area contributed by atoms with Gasteiger partial charge in [0.15, 0.2) is 5.69 Å². The van der Waals surface area contributed by atoms with Gasteiger partial charge in [0.2, 0.25) is 0 Å². The fourth-order valence-corrected chi connectivity index (χ4v) is 4.27. The van der Waals surface area contributed by atoms with Gasteiger partial charge in [-0.25, -0.2) is 14.6 Å². The van der Waals surface area contributed by atoms with Gasteiger partial charge in [0.1, 0.15) is 23.2 Å². The summed E-state index contributed by atoms with van der Waals surface area (Å²) >= 11 is 0. The Labute approximate surface area is 205 Å². The summed E-state index contributed by atoms with van der Waals surface area (Å²) < 4.78 is 48.7. The van der Waals surface area contributed by atoms with Crippen LogP contribution in [0.4, 0.5) is 19.0 Å². The van der Waals surface area contributed by atoms with E-state index in [-0.39, 0.29) is 29.3 Å². The number of anilines is 1. The van der Waals surface area contributed by atoms with Gasteiger partial charge < -0.3 is 9.64 Å². The largest absolute Gasteiger partial charge is 0.493 e. The second kappa shape index (κ2) is 9.11. The Kier molecular flexibility index (Phi) is 5.96. The van der Waals surface area contributed by atoms with Crippen LogP contribution < -0.4 is 9.64 Å². The number of nitriles is 1. The van der Waals surface area contributed by atoms with E-state index in [0.29, 0.717) is 23.4 Å². The Morgan fingerprint density at radius 1 is 1.14 bits per heavy atom. The highest BCUT2D eigenvalue weighted by Gasteiger charge is 2.35. The quantitative estimate of drug-likeness (QED) is 0.390. The molecule has 0 bridgehead atoms. The van der Waals surface area contributed by atoms with Crippen molar-refractivity contribution >= 4 is 16.9 Å². The third kappa shape index (κ3) is 4.54. The Bertz CT molecular complexity index is 1470. The lowest BCUT2D eigenvalue weighted by Crippen LogP contribution is -2.47. The van der Waals surface area contributed by atoms with Crippen molar-refractivity contribution in [1.82, 2.24) is 25.0 Å². The first-order valence-corrected chi connectivity index (χ1v) is 11.4. The molecule has 184 valence electrons. The molecule has 0 amide bonds. The van der Waals surface area contributed by atoms with Crippen LogP contribution in [0, 0.1) is 24.2 Å². The zero-order valence-corrected chi connectivity index (χ0v) is 19.6. The van der Waals surface area contributed by atoms with Gasteiger partial charge in [-0.1, -0.05) is 11.3 Å². The average molecular weight is 493 g/mol. The zero-order valence-electron chi connectivity index (χ0n) is 19.6. The lowest BCUT2D eigenvalue weighted by atomic mass is 9.97. The van der Waals surface area contributed by atoms with E-state index in [1.165, 1.54) is 16.8 Å². The van der Waals surface area contributed by atoms with E-state index in [4.69, 9.17) is 4.74 Å². The number of fused-ring (bicyclic) bond motifs is 1. The molecular formula is C25H22F3N7O. The molecule has 0 saturated carbocycles. The number of aryl methyl sites for hydroxylation is 2. The maximum atomic E-state index is 13.9. The van der Waals surface area contributed by atoms with Crippen LogP contribution in [0.15, 0.2) is 42.5 Å². The molecule has 1 aromatic carbocycles. The van der Waals surface area contributed by atoms with Crippen molar-refractivity contribution in [3.8, 4) is 23.1 Å². The average Bonchev–Trinajstić information content (AvgIpc) is 3.20. The third-order valence-corrected chi connectivity index (χ3v) is 6.23. The number of pyridine rings is 2. The Morgan fingerprint density at radius 2 is 1.94 bits per heavy atom. The van der Waals surface area contributed by atoms with Crippen molar-refractivity contribution < 1.29 is 17.9 Å². The van der Waals surface area contributed by atoms with E-state index < -0.39 is 11.7 Å². The molecule has 8 nitrogen and oxygen atoms in total. The number of halogens is 3. The smallest absolute Gasteiger partial charge is 0.419 e. The molecule has 4 heterocycles. The summed E-state index contributed by atoms with van der Waals surface area (Å²) in [7, 11) is 1.64. The molecular weight excluding hydrogens is 471 g/mol. The topological polar surface area (TPSA) is 92.8 Å². The fraction of sp³-hybridized carbons (Fsp3) is 0.320. The molecule has 1 aliphatic rings. The summed E-state index contributed by atoms with van der Waals surface area (Å²) in [6.07, 6.45) is -3.98. The van der Waals surface area contributed by atoms with Gasteiger partial charge in [-0.15, -0.1) is 5.10 Å². The monoisotopic (exact) mass is 493 g/mol. The first kappa shape index (κ1) is 23.5. The summed E-state index contributed by atoms with van der Waals surface area (Å²) in [6.45, 7) is 3.70. The van der Waals surface area contributed by atoms with Crippen LogP contribution in [0.2, 0.25) is 0 Å². The predicted molar refractivity (Wildman–Crippen MR) is 126 cm³/mol. The molecule has 11 heteroatoms. The lowest BCUT2D eigenvalue weighted by Gasteiger charge is -2.40. The molecule has 0 atom stereocenters. The Balaban J connectivity index is 1.30. The number of nitrogens with zero attached hydrogens (tertiary/aromatic N) is 7. The number of aromatic nitrogens is 5. The molecule has 3 aromatic heterocycles. The minimum Gasteiger partial charge on any atom is -0.493 e. The highest BCUT2D eigenvalue weighted by molar-refractivity contribution is 5.83. The van der Waals surface area contributed by atoms with E-state index >= 15 is 0 Å². The van der Waals surface area contributed by atoms with Crippen LogP contribution in [0.3, 0.4) is 0 Å². The maximum Gasteiger partial charge on any atom is 0.419 e. The molecule has 0 radical (unpaired) electrons. The van der Waals surface area contributed by atoms with Crippen molar-refractivity contribution in [2.24, 2.45) is 13.0 Å². The minimum atomic E-state index is -4.62. The van der Waals surface area contributed by atoms with E-state index in [1.54, 1.807) is 13.1 Å². The molecule has 0 aliphatic carbocycles. The third-order valence-electron chi connectivity index (χ3n) is 6.23. The number of ether oxygens (including phenoxy) is 1. The van der Waals surface area contributed by atoms with Crippen molar-refractivity contribution in [2.45, 2.75) is 19.5 Å². The minimum absolute atomic E-state index is 0.000101. The number of rotatable bonds is 6. The van der Waals surface area contributed by atoms with Gasteiger partial charge >= 0.3 is 6.18 Å².